The Morgan fingerprint density at radius 2 is 1.71 bits per heavy atom. The number of aliphatic carboxylic acids is 2. The molecule has 2 unspecified atom stereocenters. The van der Waals surface area contributed by atoms with Gasteiger partial charge in [0.25, 0.3) is 0 Å². The van der Waals surface area contributed by atoms with Crippen LogP contribution in [0.3, 0.4) is 0 Å². The fraction of sp³-hybridized carbons (Fsp3) is 0.400. The fourth-order valence-electron chi connectivity index (χ4n) is 3.57. The van der Waals surface area contributed by atoms with E-state index in [0.717, 1.165) is 11.1 Å². The summed E-state index contributed by atoms with van der Waals surface area (Å²) in [6.45, 7) is 4.21. The minimum atomic E-state index is -1.20. The van der Waals surface area contributed by atoms with Crippen molar-refractivity contribution in [1.29, 1.82) is 0 Å². The van der Waals surface area contributed by atoms with Gasteiger partial charge in [0.2, 0.25) is 5.91 Å². The Morgan fingerprint density at radius 1 is 1.03 bits per heavy atom. The molecule has 0 aliphatic rings. The maximum absolute atomic E-state index is 12.8. The average molecular weight is 473 g/mol. The third-order valence-electron chi connectivity index (χ3n) is 5.69. The molecule has 0 saturated heterocycles. The second-order valence-electron chi connectivity index (χ2n) is 8.71. The van der Waals surface area contributed by atoms with E-state index in [2.05, 4.69) is 10.6 Å². The zero-order valence-corrected chi connectivity index (χ0v) is 19.6. The number of nitrogens with one attached hydrogen (secondary N) is 2. The summed E-state index contributed by atoms with van der Waals surface area (Å²) in [5, 5.41) is 34.3. The first-order valence-corrected chi connectivity index (χ1v) is 10.9. The topological polar surface area (TPSA) is 145 Å². The molecule has 0 aliphatic heterocycles. The molecule has 34 heavy (non-hydrogen) atoms. The number of phenolic OH excluding ortho intramolecular Hbond substituents is 1. The predicted octanol–water partition coefficient (Wildman–Crippen LogP) is 2.31. The Morgan fingerprint density at radius 3 is 2.26 bits per heavy atom. The van der Waals surface area contributed by atoms with Gasteiger partial charge in [-0.15, -0.1) is 0 Å². The molecule has 0 bridgehead atoms. The molecule has 0 fully saturated rings. The highest BCUT2D eigenvalue weighted by molar-refractivity contribution is 5.89. The summed E-state index contributed by atoms with van der Waals surface area (Å²) >= 11 is 0. The number of carbonyl (C=O) groups is 3. The third-order valence-corrected chi connectivity index (χ3v) is 5.69. The molecule has 2 rings (SSSR count). The SMILES string of the molecule is COc1ccc(C(C)(C)CCNC(CC(=O)O)C(=O)NC(Cc2ccccc2)C(=O)O)cc1O. The van der Waals surface area contributed by atoms with Gasteiger partial charge in [-0.3, -0.25) is 9.59 Å². The molecule has 1 amide bonds. The molecule has 0 saturated carbocycles. The van der Waals surface area contributed by atoms with Crippen LogP contribution in [0, 0.1) is 0 Å². The van der Waals surface area contributed by atoms with Gasteiger partial charge in [-0.1, -0.05) is 50.2 Å². The molecule has 184 valence electrons. The molecular formula is C25H32N2O7. The monoisotopic (exact) mass is 472 g/mol. The first-order valence-electron chi connectivity index (χ1n) is 10.9. The van der Waals surface area contributed by atoms with Crippen molar-refractivity contribution in [3.05, 3.63) is 59.7 Å². The summed E-state index contributed by atoms with van der Waals surface area (Å²) in [4.78, 5) is 35.8. The number of methoxy groups -OCH3 is 1. The number of ether oxygens (including phenoxy) is 1. The van der Waals surface area contributed by atoms with Crippen LogP contribution in [0.25, 0.3) is 0 Å². The molecule has 0 heterocycles. The number of hydrogen-bond donors (Lipinski definition) is 5. The smallest absolute Gasteiger partial charge is 0.326 e. The van der Waals surface area contributed by atoms with Gasteiger partial charge in [0.05, 0.1) is 19.6 Å². The van der Waals surface area contributed by atoms with E-state index in [9.17, 15) is 29.7 Å². The molecule has 9 heteroatoms. The maximum Gasteiger partial charge on any atom is 0.326 e. The first kappa shape index (κ1) is 26.7. The first-order chi connectivity index (χ1) is 16.0. The van der Waals surface area contributed by atoms with Crippen molar-refractivity contribution in [2.75, 3.05) is 13.7 Å². The highest BCUT2D eigenvalue weighted by Gasteiger charge is 2.28. The van der Waals surface area contributed by atoms with Crippen molar-refractivity contribution in [3.8, 4) is 11.5 Å². The van der Waals surface area contributed by atoms with Crippen molar-refractivity contribution in [2.24, 2.45) is 0 Å². The van der Waals surface area contributed by atoms with Gasteiger partial charge in [0.1, 0.15) is 6.04 Å². The van der Waals surface area contributed by atoms with E-state index in [0.29, 0.717) is 18.7 Å². The van der Waals surface area contributed by atoms with Crippen molar-refractivity contribution < 1.29 is 34.4 Å². The molecule has 2 aromatic rings. The van der Waals surface area contributed by atoms with Gasteiger partial charge in [0, 0.05) is 6.42 Å². The third kappa shape index (κ3) is 7.77. The largest absolute Gasteiger partial charge is 0.504 e. The van der Waals surface area contributed by atoms with Crippen LogP contribution in [0.5, 0.6) is 11.5 Å². The number of carboxylic acid groups (broad SMARTS) is 2. The van der Waals surface area contributed by atoms with Crippen molar-refractivity contribution in [2.45, 2.75) is 50.6 Å². The Hall–Kier alpha value is -3.59. The predicted molar refractivity (Wildman–Crippen MR) is 126 cm³/mol. The van der Waals surface area contributed by atoms with E-state index < -0.39 is 41.8 Å². The molecular weight excluding hydrogens is 440 g/mol. The van der Waals surface area contributed by atoms with Gasteiger partial charge in [-0.25, -0.2) is 4.79 Å². The molecule has 2 atom stereocenters. The molecule has 0 aromatic heterocycles. The Labute approximate surface area is 198 Å². The zero-order valence-electron chi connectivity index (χ0n) is 19.6. The van der Waals surface area contributed by atoms with Gasteiger partial charge in [-0.05, 0) is 41.6 Å². The van der Waals surface area contributed by atoms with Crippen LogP contribution in [-0.2, 0) is 26.2 Å². The highest BCUT2D eigenvalue weighted by Crippen LogP contribution is 2.34. The zero-order chi connectivity index (χ0) is 25.3. The summed E-state index contributed by atoms with van der Waals surface area (Å²) in [5.41, 5.74) is 1.18. The van der Waals surface area contributed by atoms with Crippen LogP contribution in [0.4, 0.5) is 0 Å². The number of aromatic hydroxyl groups is 1. The Kier molecular flexibility index (Phi) is 9.44. The summed E-state index contributed by atoms with van der Waals surface area (Å²) in [6, 6.07) is 11.7. The molecule has 0 radical (unpaired) electrons. The number of carboxylic acids is 2. The van der Waals surface area contributed by atoms with Crippen LogP contribution in [0.1, 0.15) is 37.8 Å². The summed E-state index contributed by atoms with van der Waals surface area (Å²) in [5.74, 6) is -2.69. The van der Waals surface area contributed by atoms with Crippen LogP contribution in [0.2, 0.25) is 0 Å². The number of amides is 1. The van der Waals surface area contributed by atoms with Crippen LogP contribution < -0.4 is 15.4 Å². The number of rotatable bonds is 13. The highest BCUT2D eigenvalue weighted by atomic mass is 16.5. The number of phenols is 1. The van der Waals surface area contributed by atoms with Crippen molar-refractivity contribution in [1.82, 2.24) is 10.6 Å². The van der Waals surface area contributed by atoms with Gasteiger partial charge in [0.15, 0.2) is 11.5 Å². The van der Waals surface area contributed by atoms with E-state index in [4.69, 9.17) is 4.74 Å². The maximum atomic E-state index is 12.8. The number of carbonyl (C=O) groups excluding carboxylic acids is 1. The van der Waals surface area contributed by atoms with Crippen LogP contribution >= 0.6 is 0 Å². The van der Waals surface area contributed by atoms with Crippen molar-refractivity contribution >= 4 is 17.8 Å². The van der Waals surface area contributed by atoms with Gasteiger partial charge in [-0.2, -0.15) is 0 Å². The summed E-state index contributed by atoms with van der Waals surface area (Å²) in [6.07, 6.45) is 0.109. The Bertz CT molecular complexity index is 992. The van der Waals surface area contributed by atoms with Crippen LogP contribution in [0.15, 0.2) is 48.5 Å². The van der Waals surface area contributed by atoms with E-state index in [1.54, 1.807) is 42.5 Å². The van der Waals surface area contributed by atoms with E-state index in [-0.39, 0.29) is 12.2 Å². The van der Waals surface area contributed by atoms with Crippen LogP contribution in [-0.4, -0.2) is 58.9 Å². The molecule has 0 spiro atoms. The van der Waals surface area contributed by atoms with E-state index in [1.165, 1.54) is 7.11 Å². The minimum Gasteiger partial charge on any atom is -0.504 e. The molecule has 5 N–H and O–H groups in total. The second kappa shape index (κ2) is 12.0. The lowest BCUT2D eigenvalue weighted by molar-refractivity contribution is -0.143. The lowest BCUT2D eigenvalue weighted by Gasteiger charge is -2.27. The van der Waals surface area contributed by atoms with Crippen molar-refractivity contribution in [3.63, 3.8) is 0 Å². The molecule has 2 aromatic carbocycles. The number of benzene rings is 2. The quantitative estimate of drug-likeness (QED) is 0.299. The van der Waals surface area contributed by atoms with E-state index in [1.807, 2.05) is 19.9 Å². The minimum absolute atomic E-state index is 0.0160. The van der Waals surface area contributed by atoms with Gasteiger partial charge >= 0.3 is 11.9 Å². The number of hydrogen-bond acceptors (Lipinski definition) is 6. The Balaban J connectivity index is 2.03. The normalized spacial score (nSPS) is 13.0. The summed E-state index contributed by atoms with van der Waals surface area (Å²) < 4.78 is 5.07. The standard InChI is InChI=1S/C25H32N2O7/c1-25(2,17-9-10-21(34-3)20(28)14-17)11-12-26-18(15-22(29)30)23(31)27-19(24(32)33)13-16-7-5-4-6-8-16/h4-10,14,18-19,26,28H,11-13,15H2,1-3H3,(H,27,31)(H,29,30)(H,32,33). The average Bonchev–Trinajstić information content (AvgIpc) is 2.78. The molecule has 0 aliphatic carbocycles. The van der Waals surface area contributed by atoms with Gasteiger partial charge < -0.3 is 30.7 Å². The summed E-state index contributed by atoms with van der Waals surface area (Å²) in [7, 11) is 1.46. The second-order valence-corrected chi connectivity index (χ2v) is 8.71. The fourth-order valence-corrected chi connectivity index (χ4v) is 3.57. The lowest BCUT2D eigenvalue weighted by atomic mass is 9.81. The van der Waals surface area contributed by atoms with E-state index >= 15 is 0 Å². The molecule has 9 nitrogen and oxygen atoms in total. The lowest BCUT2D eigenvalue weighted by Crippen LogP contribution is -2.52.